The minimum absolute atomic E-state index is 0.0529. The van der Waals surface area contributed by atoms with Crippen LogP contribution in [0.2, 0.25) is 0 Å². The number of benzene rings is 1. The maximum atomic E-state index is 14.4. The van der Waals surface area contributed by atoms with Gasteiger partial charge in [-0.25, -0.2) is 12.8 Å². The summed E-state index contributed by atoms with van der Waals surface area (Å²) in [6.45, 7) is 4.64. The molecule has 1 aromatic heterocycles. The molecule has 0 spiro atoms. The van der Waals surface area contributed by atoms with E-state index in [4.69, 9.17) is 0 Å². The normalized spacial score (nSPS) is 17.6. The molecular formula is C19H23FN2O3S2. The lowest BCUT2D eigenvalue weighted by Gasteiger charge is -2.25. The van der Waals surface area contributed by atoms with Gasteiger partial charge in [0.1, 0.15) is 5.82 Å². The second-order valence-electron chi connectivity index (χ2n) is 6.40. The Hall–Kier alpha value is -1.77. The lowest BCUT2D eigenvalue weighted by atomic mass is 10.1. The number of amides is 1. The van der Waals surface area contributed by atoms with Gasteiger partial charge in [-0.1, -0.05) is 19.9 Å². The van der Waals surface area contributed by atoms with Gasteiger partial charge in [-0.05, 0) is 42.5 Å². The summed E-state index contributed by atoms with van der Waals surface area (Å²) in [5.41, 5.74) is -0.188. The lowest BCUT2D eigenvalue weighted by molar-refractivity contribution is 0.0733. The lowest BCUT2D eigenvalue weighted by Crippen LogP contribution is -2.32. The topological polar surface area (TPSA) is 57.7 Å². The summed E-state index contributed by atoms with van der Waals surface area (Å²) in [5.74, 6) is -1.16. The number of halogens is 1. The van der Waals surface area contributed by atoms with Crippen molar-refractivity contribution in [3.05, 3.63) is 52.0 Å². The quantitative estimate of drug-likeness (QED) is 0.726. The number of hydrogen-bond donors (Lipinski definition) is 0. The van der Waals surface area contributed by atoms with E-state index in [2.05, 4.69) is 0 Å². The van der Waals surface area contributed by atoms with Crippen molar-refractivity contribution < 1.29 is 17.6 Å². The molecule has 146 valence electrons. The highest BCUT2D eigenvalue weighted by Crippen LogP contribution is 2.36. The second kappa shape index (κ2) is 8.08. The number of carbonyl (C=O) groups is 1. The molecule has 2 aromatic rings. The van der Waals surface area contributed by atoms with Crippen LogP contribution in [0, 0.1) is 5.82 Å². The number of likely N-dealkylation sites (tertiary alicyclic amines) is 1. The fourth-order valence-electron chi connectivity index (χ4n) is 3.48. The van der Waals surface area contributed by atoms with E-state index in [1.165, 1.54) is 16.4 Å². The zero-order valence-corrected chi connectivity index (χ0v) is 17.0. The molecule has 0 radical (unpaired) electrons. The third kappa shape index (κ3) is 3.79. The Balaban J connectivity index is 1.96. The number of hydrogen-bond acceptors (Lipinski definition) is 4. The minimum atomic E-state index is -3.76. The first kappa shape index (κ1) is 20.0. The average molecular weight is 411 g/mol. The van der Waals surface area contributed by atoms with Crippen molar-refractivity contribution in [3.63, 3.8) is 0 Å². The summed E-state index contributed by atoms with van der Waals surface area (Å²) in [6.07, 6.45) is 1.67. The largest absolute Gasteiger partial charge is 0.331 e. The summed E-state index contributed by atoms with van der Waals surface area (Å²) in [7, 11) is -3.76. The van der Waals surface area contributed by atoms with Crippen LogP contribution in [0.4, 0.5) is 4.39 Å². The van der Waals surface area contributed by atoms with Gasteiger partial charge in [0.2, 0.25) is 10.0 Å². The molecule has 0 aliphatic carbocycles. The standard InChI is InChI=1S/C19H23FN2O3S2/c1-3-21(4-2)27(24,25)14-9-10-16(20)15(13-14)19(23)22-11-5-7-17(22)18-8-6-12-26-18/h6,8-10,12-13,17H,3-5,7,11H2,1-2H3. The van der Waals surface area contributed by atoms with E-state index >= 15 is 0 Å². The first-order valence-electron chi connectivity index (χ1n) is 9.04. The van der Waals surface area contributed by atoms with E-state index in [0.29, 0.717) is 19.6 Å². The van der Waals surface area contributed by atoms with Crippen LogP contribution in [-0.4, -0.2) is 43.2 Å². The molecule has 3 rings (SSSR count). The number of nitrogens with zero attached hydrogens (tertiary/aromatic N) is 2. The van der Waals surface area contributed by atoms with Gasteiger partial charge in [0.25, 0.3) is 5.91 Å². The summed E-state index contributed by atoms with van der Waals surface area (Å²) >= 11 is 1.57. The van der Waals surface area contributed by atoms with Gasteiger partial charge in [-0.15, -0.1) is 11.3 Å². The maximum Gasteiger partial charge on any atom is 0.257 e. The van der Waals surface area contributed by atoms with E-state index in [0.717, 1.165) is 23.8 Å². The minimum Gasteiger partial charge on any atom is -0.331 e. The van der Waals surface area contributed by atoms with Gasteiger partial charge in [-0.3, -0.25) is 4.79 Å². The van der Waals surface area contributed by atoms with E-state index in [9.17, 15) is 17.6 Å². The summed E-state index contributed by atoms with van der Waals surface area (Å²) in [4.78, 5) is 15.7. The molecule has 5 nitrogen and oxygen atoms in total. The first-order valence-corrected chi connectivity index (χ1v) is 11.4. The van der Waals surface area contributed by atoms with Gasteiger partial charge in [0.15, 0.2) is 0 Å². The molecule has 1 fully saturated rings. The van der Waals surface area contributed by atoms with Crippen LogP contribution >= 0.6 is 11.3 Å². The Kier molecular flexibility index (Phi) is 5.98. The Morgan fingerprint density at radius 3 is 2.67 bits per heavy atom. The molecule has 1 aromatic carbocycles. The molecule has 0 N–H and O–H groups in total. The number of carbonyl (C=O) groups excluding carboxylic acids is 1. The fraction of sp³-hybridized carbons (Fsp3) is 0.421. The molecule has 1 unspecified atom stereocenters. The van der Waals surface area contributed by atoms with Gasteiger partial charge in [-0.2, -0.15) is 4.31 Å². The highest BCUT2D eigenvalue weighted by Gasteiger charge is 2.33. The van der Waals surface area contributed by atoms with Crippen LogP contribution in [0.1, 0.15) is 48.0 Å². The van der Waals surface area contributed by atoms with Crippen LogP contribution in [0.15, 0.2) is 40.6 Å². The molecule has 1 atom stereocenters. The molecule has 0 bridgehead atoms. The average Bonchev–Trinajstić information content (AvgIpc) is 3.33. The molecule has 27 heavy (non-hydrogen) atoms. The highest BCUT2D eigenvalue weighted by atomic mass is 32.2. The van der Waals surface area contributed by atoms with E-state index in [1.807, 2.05) is 17.5 Å². The van der Waals surface area contributed by atoms with Crippen LogP contribution in [0.5, 0.6) is 0 Å². The second-order valence-corrected chi connectivity index (χ2v) is 9.32. The van der Waals surface area contributed by atoms with Crippen molar-refractivity contribution in [3.8, 4) is 0 Å². The number of rotatable bonds is 6. The van der Waals surface area contributed by atoms with Crippen LogP contribution in [0.3, 0.4) is 0 Å². The molecule has 0 saturated carbocycles. The molecule has 1 amide bonds. The van der Waals surface area contributed by atoms with Crippen LogP contribution < -0.4 is 0 Å². The zero-order valence-electron chi connectivity index (χ0n) is 15.4. The van der Waals surface area contributed by atoms with E-state index in [-0.39, 0.29) is 16.5 Å². The van der Waals surface area contributed by atoms with Crippen molar-refractivity contribution in [2.24, 2.45) is 0 Å². The van der Waals surface area contributed by atoms with Crippen molar-refractivity contribution in [2.45, 2.75) is 37.6 Å². The van der Waals surface area contributed by atoms with Crippen LogP contribution in [0.25, 0.3) is 0 Å². The maximum absolute atomic E-state index is 14.4. The Morgan fingerprint density at radius 2 is 2.04 bits per heavy atom. The number of sulfonamides is 1. The van der Waals surface area contributed by atoms with Crippen molar-refractivity contribution >= 4 is 27.3 Å². The van der Waals surface area contributed by atoms with Crippen LogP contribution in [-0.2, 0) is 10.0 Å². The molecule has 1 aliphatic rings. The van der Waals surface area contributed by atoms with Crippen molar-refractivity contribution in [2.75, 3.05) is 19.6 Å². The predicted octanol–water partition coefficient (Wildman–Crippen LogP) is 3.90. The van der Waals surface area contributed by atoms with Gasteiger partial charge in [0, 0.05) is 24.5 Å². The molecule has 8 heteroatoms. The summed E-state index contributed by atoms with van der Waals surface area (Å²) < 4.78 is 41.2. The van der Waals surface area contributed by atoms with Gasteiger partial charge >= 0.3 is 0 Å². The van der Waals surface area contributed by atoms with Gasteiger partial charge in [0.05, 0.1) is 16.5 Å². The number of thiophene rings is 1. The SMILES string of the molecule is CCN(CC)S(=O)(=O)c1ccc(F)c(C(=O)N2CCCC2c2cccs2)c1. The third-order valence-electron chi connectivity index (χ3n) is 4.90. The third-order valence-corrected chi connectivity index (χ3v) is 7.92. The fourth-order valence-corrected chi connectivity index (χ4v) is 5.84. The molecule has 1 saturated heterocycles. The molecule has 2 heterocycles. The zero-order chi connectivity index (χ0) is 19.6. The highest BCUT2D eigenvalue weighted by molar-refractivity contribution is 7.89. The van der Waals surface area contributed by atoms with E-state index < -0.39 is 21.7 Å². The monoisotopic (exact) mass is 410 g/mol. The Labute approximate surface area is 163 Å². The molecular weight excluding hydrogens is 387 g/mol. The predicted molar refractivity (Wildman–Crippen MR) is 104 cm³/mol. The molecule has 1 aliphatic heterocycles. The van der Waals surface area contributed by atoms with Gasteiger partial charge < -0.3 is 4.90 Å². The van der Waals surface area contributed by atoms with Crippen molar-refractivity contribution in [1.29, 1.82) is 0 Å². The smallest absolute Gasteiger partial charge is 0.257 e. The first-order chi connectivity index (χ1) is 12.9. The van der Waals surface area contributed by atoms with E-state index in [1.54, 1.807) is 30.1 Å². The van der Waals surface area contributed by atoms with Crippen molar-refractivity contribution in [1.82, 2.24) is 9.21 Å². The summed E-state index contributed by atoms with van der Waals surface area (Å²) in [6, 6.07) is 7.28. The Bertz CT molecular complexity index is 909. The Morgan fingerprint density at radius 1 is 1.30 bits per heavy atom. The summed E-state index contributed by atoms with van der Waals surface area (Å²) in [5, 5.41) is 1.95.